The molecule has 102 valence electrons. The highest BCUT2D eigenvalue weighted by molar-refractivity contribution is 7.92. The van der Waals surface area contributed by atoms with Crippen LogP contribution in [-0.4, -0.2) is 23.2 Å². The number of nitrogens with one attached hydrogen (secondary N) is 1. The third kappa shape index (κ3) is 2.50. The van der Waals surface area contributed by atoms with E-state index in [2.05, 4.69) is 14.8 Å². The van der Waals surface area contributed by atoms with Gasteiger partial charge in [-0.2, -0.15) is 10.1 Å². The Hall–Kier alpha value is -2.16. The summed E-state index contributed by atoms with van der Waals surface area (Å²) in [5.41, 5.74) is 5.41. The second-order valence-corrected chi connectivity index (χ2v) is 5.60. The van der Waals surface area contributed by atoms with Crippen LogP contribution in [0, 0.1) is 12.7 Å². The molecule has 19 heavy (non-hydrogen) atoms. The minimum absolute atomic E-state index is 0.0577. The molecular weight excluding hydrogens is 273 g/mol. The molecule has 0 saturated heterocycles. The van der Waals surface area contributed by atoms with Crippen molar-refractivity contribution in [1.82, 2.24) is 14.8 Å². The summed E-state index contributed by atoms with van der Waals surface area (Å²) < 4.78 is 41.1. The number of nitrogens with two attached hydrogens (primary N) is 1. The van der Waals surface area contributed by atoms with E-state index in [1.54, 1.807) is 0 Å². The number of aromatic nitrogens is 3. The van der Waals surface area contributed by atoms with Gasteiger partial charge >= 0.3 is 0 Å². The topological polar surface area (TPSA) is 103 Å². The van der Waals surface area contributed by atoms with E-state index in [0.717, 1.165) is 12.1 Å². The first-order valence-electron chi connectivity index (χ1n) is 5.23. The van der Waals surface area contributed by atoms with E-state index < -0.39 is 15.8 Å². The van der Waals surface area contributed by atoms with E-state index in [0.29, 0.717) is 0 Å². The number of sulfonamides is 1. The lowest BCUT2D eigenvalue weighted by atomic mass is 10.2. The van der Waals surface area contributed by atoms with Crippen LogP contribution in [0.1, 0.15) is 5.56 Å². The van der Waals surface area contributed by atoms with Crippen molar-refractivity contribution in [2.75, 3.05) is 10.5 Å². The average molecular weight is 285 g/mol. The summed E-state index contributed by atoms with van der Waals surface area (Å²) in [6.45, 7) is 1.48. The normalized spacial score (nSPS) is 11.5. The molecule has 0 unspecified atom stereocenters. The summed E-state index contributed by atoms with van der Waals surface area (Å²) in [5.74, 6) is -0.600. The third-order valence-corrected chi connectivity index (χ3v) is 3.99. The van der Waals surface area contributed by atoms with Crippen LogP contribution in [0.3, 0.4) is 0 Å². The summed E-state index contributed by atoms with van der Waals surface area (Å²) in [7, 11) is -2.36. The molecule has 1 aromatic heterocycles. The van der Waals surface area contributed by atoms with E-state index in [4.69, 9.17) is 5.73 Å². The van der Waals surface area contributed by atoms with Gasteiger partial charge in [0.1, 0.15) is 12.1 Å². The van der Waals surface area contributed by atoms with Gasteiger partial charge in [0, 0.05) is 7.05 Å². The minimum atomic E-state index is -3.90. The standard InChI is InChI=1S/C10H12FN5O2S/c1-6-3-7(11)8(12)4-9(6)19(17,18)15-10-13-5-14-16(10)2/h3-5H,12H2,1-2H3,(H,13,14,15). The first kappa shape index (κ1) is 13.3. The Kier molecular flexibility index (Phi) is 3.14. The lowest BCUT2D eigenvalue weighted by Gasteiger charge is -2.10. The molecule has 0 radical (unpaired) electrons. The monoisotopic (exact) mass is 285 g/mol. The Balaban J connectivity index is 2.46. The number of hydrogen-bond donors (Lipinski definition) is 2. The van der Waals surface area contributed by atoms with Crippen molar-refractivity contribution in [2.45, 2.75) is 11.8 Å². The van der Waals surface area contributed by atoms with Crippen LogP contribution in [0.15, 0.2) is 23.4 Å². The van der Waals surface area contributed by atoms with Gasteiger partial charge in [-0.3, -0.25) is 0 Å². The molecule has 0 aliphatic rings. The summed E-state index contributed by atoms with van der Waals surface area (Å²) in [6, 6.07) is 2.14. The van der Waals surface area contributed by atoms with Crippen molar-refractivity contribution < 1.29 is 12.8 Å². The molecule has 0 spiro atoms. The molecule has 9 heteroatoms. The van der Waals surface area contributed by atoms with Crippen LogP contribution in [0.4, 0.5) is 16.0 Å². The molecular formula is C10H12FN5O2S. The second-order valence-electron chi connectivity index (χ2n) is 3.95. The molecule has 0 atom stereocenters. The minimum Gasteiger partial charge on any atom is -0.396 e. The number of nitrogen functional groups attached to an aromatic ring is 1. The zero-order chi connectivity index (χ0) is 14.2. The number of anilines is 2. The summed E-state index contributed by atoms with van der Waals surface area (Å²) in [5, 5.41) is 3.74. The highest BCUT2D eigenvalue weighted by Crippen LogP contribution is 2.23. The van der Waals surface area contributed by atoms with Gasteiger partial charge in [-0.25, -0.2) is 22.2 Å². The quantitative estimate of drug-likeness (QED) is 0.806. The van der Waals surface area contributed by atoms with E-state index in [1.165, 1.54) is 25.0 Å². The molecule has 2 aromatic rings. The zero-order valence-electron chi connectivity index (χ0n) is 10.3. The lowest BCUT2D eigenvalue weighted by Crippen LogP contribution is -2.17. The predicted molar refractivity (Wildman–Crippen MR) is 67.4 cm³/mol. The Morgan fingerprint density at radius 1 is 1.42 bits per heavy atom. The number of aryl methyl sites for hydroxylation is 2. The van der Waals surface area contributed by atoms with Crippen molar-refractivity contribution in [2.24, 2.45) is 7.05 Å². The summed E-state index contributed by atoms with van der Waals surface area (Å²) in [4.78, 5) is 3.65. The molecule has 2 rings (SSSR count). The van der Waals surface area contributed by atoms with E-state index in [-0.39, 0.29) is 22.1 Å². The summed E-state index contributed by atoms with van der Waals surface area (Å²) >= 11 is 0. The lowest BCUT2D eigenvalue weighted by molar-refractivity contribution is 0.598. The maximum absolute atomic E-state index is 13.2. The number of hydrogen-bond acceptors (Lipinski definition) is 5. The third-order valence-electron chi connectivity index (χ3n) is 2.52. The Morgan fingerprint density at radius 3 is 2.68 bits per heavy atom. The first-order chi connectivity index (χ1) is 8.81. The van der Waals surface area contributed by atoms with Gasteiger partial charge in [0.05, 0.1) is 10.6 Å². The van der Waals surface area contributed by atoms with Crippen molar-refractivity contribution in [1.29, 1.82) is 0 Å². The van der Waals surface area contributed by atoms with Crippen LogP contribution in [0.25, 0.3) is 0 Å². The van der Waals surface area contributed by atoms with Crippen molar-refractivity contribution >= 4 is 21.7 Å². The smallest absolute Gasteiger partial charge is 0.264 e. The molecule has 1 aromatic carbocycles. The molecule has 1 heterocycles. The molecule has 3 N–H and O–H groups in total. The van der Waals surface area contributed by atoms with E-state index >= 15 is 0 Å². The molecule has 0 fully saturated rings. The van der Waals surface area contributed by atoms with E-state index in [1.807, 2.05) is 0 Å². The molecule has 0 amide bonds. The van der Waals surface area contributed by atoms with Crippen molar-refractivity contribution in [3.63, 3.8) is 0 Å². The fourth-order valence-electron chi connectivity index (χ4n) is 1.52. The fraction of sp³-hybridized carbons (Fsp3) is 0.200. The average Bonchev–Trinajstić information content (AvgIpc) is 2.69. The molecule has 0 bridgehead atoms. The van der Waals surface area contributed by atoms with Crippen LogP contribution in [0.5, 0.6) is 0 Å². The largest absolute Gasteiger partial charge is 0.396 e. The Morgan fingerprint density at radius 2 is 2.11 bits per heavy atom. The number of halogens is 1. The molecule has 7 nitrogen and oxygen atoms in total. The van der Waals surface area contributed by atoms with E-state index in [9.17, 15) is 12.8 Å². The van der Waals surface area contributed by atoms with Gasteiger partial charge in [-0.05, 0) is 24.6 Å². The van der Waals surface area contributed by atoms with Crippen molar-refractivity contribution in [3.8, 4) is 0 Å². The summed E-state index contributed by atoms with van der Waals surface area (Å²) in [6.07, 6.45) is 1.21. The molecule has 0 saturated carbocycles. The van der Waals surface area contributed by atoms with Crippen LogP contribution in [-0.2, 0) is 17.1 Å². The maximum atomic E-state index is 13.2. The second kappa shape index (κ2) is 4.50. The predicted octanol–water partition coefficient (Wildman–Crippen LogP) is 0.646. The van der Waals surface area contributed by atoms with Crippen LogP contribution < -0.4 is 10.5 Å². The number of rotatable bonds is 3. The number of nitrogens with zero attached hydrogens (tertiary/aromatic N) is 3. The first-order valence-corrected chi connectivity index (χ1v) is 6.72. The Labute approximate surface area is 109 Å². The van der Waals surface area contributed by atoms with Gasteiger partial charge in [0.25, 0.3) is 10.0 Å². The van der Waals surface area contributed by atoms with Crippen LogP contribution >= 0.6 is 0 Å². The van der Waals surface area contributed by atoms with Gasteiger partial charge in [0.15, 0.2) is 0 Å². The van der Waals surface area contributed by atoms with Crippen molar-refractivity contribution in [3.05, 3.63) is 29.8 Å². The van der Waals surface area contributed by atoms with Gasteiger partial charge < -0.3 is 5.73 Å². The number of benzene rings is 1. The van der Waals surface area contributed by atoms with Crippen LogP contribution in [0.2, 0.25) is 0 Å². The van der Waals surface area contributed by atoms with Gasteiger partial charge in [0.2, 0.25) is 5.95 Å². The Bertz CT molecular complexity index is 726. The highest BCUT2D eigenvalue weighted by atomic mass is 32.2. The van der Waals surface area contributed by atoms with Gasteiger partial charge in [-0.15, -0.1) is 0 Å². The molecule has 0 aliphatic heterocycles. The maximum Gasteiger partial charge on any atom is 0.264 e. The SMILES string of the molecule is Cc1cc(F)c(N)cc1S(=O)(=O)Nc1ncnn1C. The molecule has 0 aliphatic carbocycles. The fourth-order valence-corrected chi connectivity index (χ4v) is 2.82. The highest BCUT2D eigenvalue weighted by Gasteiger charge is 2.20. The zero-order valence-corrected chi connectivity index (χ0v) is 11.1. The van der Waals surface area contributed by atoms with Gasteiger partial charge in [-0.1, -0.05) is 0 Å².